The van der Waals surface area contributed by atoms with Gasteiger partial charge in [-0.15, -0.1) is 0 Å². The van der Waals surface area contributed by atoms with Crippen LogP contribution < -0.4 is 10.9 Å². The van der Waals surface area contributed by atoms with Crippen molar-refractivity contribution < 1.29 is 9.90 Å². The summed E-state index contributed by atoms with van der Waals surface area (Å²) < 4.78 is 0. The second-order valence-electron chi connectivity index (χ2n) is 3.89. The number of aromatic amines is 1. The molecule has 0 spiro atoms. The van der Waals surface area contributed by atoms with Crippen LogP contribution in [0, 0.1) is 6.92 Å². The molecule has 0 fully saturated rings. The quantitative estimate of drug-likeness (QED) is 0.702. The van der Waals surface area contributed by atoms with Crippen LogP contribution >= 0.6 is 0 Å². The number of benzene rings is 1. The Morgan fingerprint density at radius 1 is 1.33 bits per heavy atom. The molecule has 0 aliphatic heterocycles. The minimum atomic E-state index is -0.558. The molecule has 2 aromatic rings. The molecule has 1 amide bonds. The van der Waals surface area contributed by atoms with Gasteiger partial charge in [0.1, 0.15) is 11.3 Å². The molecule has 0 saturated heterocycles. The van der Waals surface area contributed by atoms with E-state index >= 15 is 0 Å². The zero-order valence-electron chi connectivity index (χ0n) is 9.73. The van der Waals surface area contributed by atoms with Crippen LogP contribution in [0.4, 0.5) is 5.69 Å². The number of aromatic hydroxyl groups is 1. The Morgan fingerprint density at radius 3 is 2.83 bits per heavy atom. The van der Waals surface area contributed by atoms with E-state index in [1.807, 2.05) is 6.92 Å². The van der Waals surface area contributed by atoms with Gasteiger partial charge in [-0.2, -0.15) is 0 Å². The van der Waals surface area contributed by atoms with Crippen LogP contribution in [0.1, 0.15) is 15.9 Å². The van der Waals surface area contributed by atoms with E-state index in [9.17, 15) is 14.7 Å². The van der Waals surface area contributed by atoms with Crippen LogP contribution in [0.3, 0.4) is 0 Å². The smallest absolute Gasteiger partial charge is 0.261 e. The standard InChI is InChI=1S/C13H12N2O3/c1-8-4-5-11(16)10(7-8)15-13(18)9-3-2-6-14-12(9)17/h2-7,16H,1H3,(H,14,17)(H,15,18). The summed E-state index contributed by atoms with van der Waals surface area (Å²) in [6.45, 7) is 1.84. The first kappa shape index (κ1) is 11.9. The Bertz CT molecular complexity index is 647. The first-order chi connectivity index (χ1) is 8.58. The molecule has 92 valence electrons. The van der Waals surface area contributed by atoms with Crippen molar-refractivity contribution in [2.24, 2.45) is 0 Å². The fourth-order valence-electron chi connectivity index (χ4n) is 1.54. The molecule has 2 rings (SSSR count). The summed E-state index contributed by atoms with van der Waals surface area (Å²) in [6.07, 6.45) is 1.45. The lowest BCUT2D eigenvalue weighted by molar-refractivity contribution is 0.102. The minimum Gasteiger partial charge on any atom is -0.506 e. The van der Waals surface area contributed by atoms with Gasteiger partial charge >= 0.3 is 0 Å². The van der Waals surface area contributed by atoms with Crippen LogP contribution in [-0.4, -0.2) is 16.0 Å². The van der Waals surface area contributed by atoms with Gasteiger partial charge in [0.25, 0.3) is 11.5 Å². The first-order valence-electron chi connectivity index (χ1n) is 5.36. The SMILES string of the molecule is Cc1ccc(O)c(NC(=O)c2ccc[nH]c2=O)c1. The molecule has 0 bridgehead atoms. The minimum absolute atomic E-state index is 0.00148. The van der Waals surface area contributed by atoms with Crippen molar-refractivity contribution in [1.29, 1.82) is 0 Å². The molecule has 18 heavy (non-hydrogen) atoms. The molecule has 1 aromatic heterocycles. The number of aryl methyl sites for hydroxylation is 1. The first-order valence-corrected chi connectivity index (χ1v) is 5.36. The highest BCUT2D eigenvalue weighted by Crippen LogP contribution is 2.24. The Balaban J connectivity index is 2.30. The third-order valence-corrected chi connectivity index (χ3v) is 2.46. The number of anilines is 1. The van der Waals surface area contributed by atoms with E-state index in [0.717, 1.165) is 5.56 Å². The average molecular weight is 244 g/mol. The highest BCUT2D eigenvalue weighted by atomic mass is 16.3. The third-order valence-electron chi connectivity index (χ3n) is 2.46. The lowest BCUT2D eigenvalue weighted by atomic mass is 10.2. The van der Waals surface area contributed by atoms with Gasteiger partial charge in [0.15, 0.2) is 0 Å². The fourth-order valence-corrected chi connectivity index (χ4v) is 1.54. The molecule has 5 heteroatoms. The number of nitrogens with one attached hydrogen (secondary N) is 2. The van der Waals surface area contributed by atoms with Crippen LogP contribution in [-0.2, 0) is 0 Å². The van der Waals surface area contributed by atoms with Crippen LogP contribution in [0.2, 0.25) is 0 Å². The van der Waals surface area contributed by atoms with Gasteiger partial charge in [0.2, 0.25) is 0 Å². The number of pyridine rings is 1. The number of aromatic nitrogens is 1. The number of hydrogen-bond donors (Lipinski definition) is 3. The zero-order chi connectivity index (χ0) is 13.1. The van der Waals surface area contributed by atoms with E-state index in [4.69, 9.17) is 0 Å². The van der Waals surface area contributed by atoms with Crippen LogP contribution in [0.5, 0.6) is 5.75 Å². The summed E-state index contributed by atoms with van der Waals surface area (Å²) in [5, 5.41) is 12.1. The summed E-state index contributed by atoms with van der Waals surface area (Å²) in [5.74, 6) is -0.598. The van der Waals surface area contributed by atoms with E-state index in [1.54, 1.807) is 18.2 Å². The van der Waals surface area contributed by atoms with E-state index in [-0.39, 0.29) is 17.0 Å². The molecule has 1 aromatic carbocycles. The maximum absolute atomic E-state index is 11.9. The molecule has 0 aliphatic rings. The van der Waals surface area contributed by atoms with Crippen molar-refractivity contribution in [3.8, 4) is 5.75 Å². The van der Waals surface area contributed by atoms with Gasteiger partial charge in [-0.25, -0.2) is 0 Å². The summed E-state index contributed by atoms with van der Waals surface area (Å²) in [7, 11) is 0. The molecule has 3 N–H and O–H groups in total. The zero-order valence-corrected chi connectivity index (χ0v) is 9.73. The molecule has 0 saturated carbocycles. The Hall–Kier alpha value is -2.56. The largest absolute Gasteiger partial charge is 0.506 e. The maximum atomic E-state index is 11.9. The number of H-pyrrole nitrogens is 1. The Kier molecular flexibility index (Phi) is 3.14. The van der Waals surface area contributed by atoms with Crippen molar-refractivity contribution in [3.63, 3.8) is 0 Å². The summed E-state index contributed by atoms with van der Waals surface area (Å²) in [6, 6.07) is 7.82. The summed E-state index contributed by atoms with van der Waals surface area (Å²) in [4.78, 5) is 25.7. The summed E-state index contributed by atoms with van der Waals surface area (Å²) in [5.41, 5.74) is 0.703. The lowest BCUT2D eigenvalue weighted by Crippen LogP contribution is -2.22. The number of hydrogen-bond acceptors (Lipinski definition) is 3. The molecular weight excluding hydrogens is 232 g/mol. The second-order valence-corrected chi connectivity index (χ2v) is 3.89. The van der Waals surface area contributed by atoms with Gasteiger partial charge in [0, 0.05) is 6.20 Å². The van der Waals surface area contributed by atoms with Crippen LogP contribution in [0.15, 0.2) is 41.3 Å². The fraction of sp³-hybridized carbons (Fsp3) is 0.0769. The van der Waals surface area contributed by atoms with Crippen molar-refractivity contribution in [2.75, 3.05) is 5.32 Å². The second kappa shape index (κ2) is 4.75. The van der Waals surface area contributed by atoms with Crippen LogP contribution in [0.25, 0.3) is 0 Å². The number of carbonyl (C=O) groups excluding carboxylic acids is 1. The highest BCUT2D eigenvalue weighted by Gasteiger charge is 2.11. The molecule has 0 atom stereocenters. The molecular formula is C13H12N2O3. The monoisotopic (exact) mass is 244 g/mol. The van der Waals surface area contributed by atoms with Gasteiger partial charge in [-0.05, 0) is 36.8 Å². The number of carbonyl (C=O) groups is 1. The van der Waals surface area contributed by atoms with Gasteiger partial charge in [0.05, 0.1) is 5.69 Å². The van der Waals surface area contributed by atoms with E-state index in [2.05, 4.69) is 10.3 Å². The van der Waals surface area contributed by atoms with Crippen molar-refractivity contribution in [2.45, 2.75) is 6.92 Å². The van der Waals surface area contributed by atoms with E-state index in [1.165, 1.54) is 18.3 Å². The number of amides is 1. The molecule has 0 unspecified atom stereocenters. The number of rotatable bonds is 2. The molecule has 0 aliphatic carbocycles. The van der Waals surface area contributed by atoms with Crippen molar-refractivity contribution in [3.05, 3.63) is 58.0 Å². The molecule has 0 radical (unpaired) electrons. The topological polar surface area (TPSA) is 82.2 Å². The molecule has 1 heterocycles. The Labute approximate surface area is 103 Å². The number of phenols is 1. The van der Waals surface area contributed by atoms with Gasteiger partial charge in [-0.3, -0.25) is 9.59 Å². The third kappa shape index (κ3) is 2.40. The maximum Gasteiger partial charge on any atom is 0.261 e. The molecule has 5 nitrogen and oxygen atoms in total. The highest BCUT2D eigenvalue weighted by molar-refractivity contribution is 6.04. The van der Waals surface area contributed by atoms with E-state index in [0.29, 0.717) is 0 Å². The summed E-state index contributed by atoms with van der Waals surface area (Å²) >= 11 is 0. The predicted molar refractivity (Wildman–Crippen MR) is 67.9 cm³/mol. The average Bonchev–Trinajstić information content (AvgIpc) is 2.34. The Morgan fingerprint density at radius 2 is 2.11 bits per heavy atom. The lowest BCUT2D eigenvalue weighted by Gasteiger charge is -2.07. The van der Waals surface area contributed by atoms with Crippen molar-refractivity contribution in [1.82, 2.24) is 4.98 Å². The van der Waals surface area contributed by atoms with E-state index < -0.39 is 11.5 Å². The number of phenolic OH excluding ortho intramolecular Hbond substituents is 1. The predicted octanol–water partition coefficient (Wildman–Crippen LogP) is 1.64. The van der Waals surface area contributed by atoms with Gasteiger partial charge in [-0.1, -0.05) is 6.07 Å². The van der Waals surface area contributed by atoms with Gasteiger partial charge < -0.3 is 15.4 Å². The van der Waals surface area contributed by atoms with Crippen molar-refractivity contribution >= 4 is 11.6 Å². The normalized spacial score (nSPS) is 10.1.